The van der Waals surface area contributed by atoms with Gasteiger partial charge >= 0.3 is 5.97 Å². The lowest BCUT2D eigenvalue weighted by Crippen LogP contribution is -2.57. The number of hydrogen-bond donors (Lipinski definition) is 10. The van der Waals surface area contributed by atoms with Gasteiger partial charge in [-0.1, -0.05) is 0 Å². The average Bonchev–Trinajstić information content (AvgIpc) is 3.44. The van der Waals surface area contributed by atoms with E-state index in [0.717, 1.165) is 12.1 Å². The molecule has 2 aliphatic heterocycles. The van der Waals surface area contributed by atoms with Gasteiger partial charge in [-0.3, -0.25) is 14.4 Å². The quantitative estimate of drug-likeness (QED) is 0.0565. The minimum atomic E-state index is -1.50. The standard InChI is InChI=1S/C32H52N4O17/c1-17-25(43)27(45)29(47)31(51-17)49-15-11-33-19(37)9-13-35(21(39)5-3-4-6-24(42)53-36-22(40)7-8-23(36)41)14-10-20(38)34-12-16-50-32-30(48)28(46)26(44)18(2)52-32/h7-8,17-18,25-32,40-41,43-48H,3-6,9-16H2,1-2H3,(H,33,37)(H,34,38)/t17-,18-,25+,26+,27+,28+,29-,30-,31+,32+/m0/s1. The third-order valence-electron chi connectivity index (χ3n) is 8.61. The molecule has 0 unspecified atom stereocenters. The number of amides is 3. The summed E-state index contributed by atoms with van der Waals surface area (Å²) >= 11 is 0. The van der Waals surface area contributed by atoms with E-state index in [1.807, 2.05) is 0 Å². The van der Waals surface area contributed by atoms with Crippen molar-refractivity contribution in [2.24, 2.45) is 0 Å². The van der Waals surface area contributed by atoms with Crippen molar-refractivity contribution < 1.29 is 83.8 Å². The van der Waals surface area contributed by atoms with Crippen LogP contribution in [0.5, 0.6) is 11.8 Å². The second-order valence-corrected chi connectivity index (χ2v) is 12.7. The fourth-order valence-corrected chi connectivity index (χ4v) is 5.39. The summed E-state index contributed by atoms with van der Waals surface area (Å²) in [7, 11) is 0. The summed E-state index contributed by atoms with van der Waals surface area (Å²) in [5.41, 5.74) is 0. The molecule has 2 aliphatic rings. The number of aliphatic hydroxyl groups excluding tert-OH is 6. The SMILES string of the molecule is C[C@@H]1O[C@@H](OCCNC(=O)CCN(CCC(=O)NCCO[C@@H]2O[C@@H](C)[C@@H](O)[C@@H](O)[C@@H]2O)C(=O)CCCCC(=O)On2c(O)ccc2O)[C@@H](O)[C@H](O)[C@@H]1O. The van der Waals surface area contributed by atoms with Crippen LogP contribution in [-0.4, -0.2) is 175 Å². The van der Waals surface area contributed by atoms with E-state index < -0.39 is 96.9 Å². The third-order valence-corrected chi connectivity index (χ3v) is 8.61. The Morgan fingerprint density at radius 1 is 0.679 bits per heavy atom. The van der Waals surface area contributed by atoms with Crippen LogP contribution in [0.4, 0.5) is 0 Å². The molecule has 10 atom stereocenters. The van der Waals surface area contributed by atoms with Gasteiger partial charge in [-0.15, -0.1) is 4.73 Å². The number of ether oxygens (including phenoxy) is 4. The molecule has 2 fully saturated rings. The summed E-state index contributed by atoms with van der Waals surface area (Å²) in [4.78, 5) is 56.6. The molecule has 0 aromatic carbocycles. The van der Waals surface area contributed by atoms with Crippen LogP contribution in [0.25, 0.3) is 0 Å². The van der Waals surface area contributed by atoms with Crippen LogP contribution in [-0.2, 0) is 38.1 Å². The number of nitrogens with one attached hydrogen (secondary N) is 2. The van der Waals surface area contributed by atoms with Crippen LogP contribution < -0.4 is 15.5 Å². The van der Waals surface area contributed by atoms with Crippen LogP contribution in [0.1, 0.15) is 52.4 Å². The molecule has 0 aliphatic carbocycles. The molecule has 10 N–H and O–H groups in total. The van der Waals surface area contributed by atoms with E-state index in [1.165, 1.54) is 18.7 Å². The second-order valence-electron chi connectivity index (χ2n) is 12.7. The number of aromatic nitrogens is 1. The minimum absolute atomic E-state index is 0.00704. The summed E-state index contributed by atoms with van der Waals surface area (Å²) in [6.45, 7) is 2.66. The lowest BCUT2D eigenvalue weighted by Gasteiger charge is -2.38. The van der Waals surface area contributed by atoms with E-state index >= 15 is 0 Å². The van der Waals surface area contributed by atoms with Crippen molar-refractivity contribution in [3.8, 4) is 11.8 Å². The molecule has 3 amide bonds. The molecule has 1 aromatic rings. The number of aliphatic hydroxyl groups is 6. The first-order chi connectivity index (χ1) is 25.1. The first-order valence-corrected chi connectivity index (χ1v) is 17.3. The van der Waals surface area contributed by atoms with Crippen molar-refractivity contribution in [3.05, 3.63) is 12.1 Å². The molecule has 302 valence electrons. The van der Waals surface area contributed by atoms with Crippen molar-refractivity contribution in [1.29, 1.82) is 0 Å². The van der Waals surface area contributed by atoms with Gasteiger partial charge in [0, 0.05) is 64.0 Å². The Kier molecular flexibility index (Phi) is 17.6. The summed E-state index contributed by atoms with van der Waals surface area (Å²) in [5.74, 6) is -3.04. The molecule has 3 heterocycles. The monoisotopic (exact) mass is 764 g/mol. The number of carbonyl (C=O) groups is 4. The zero-order valence-electron chi connectivity index (χ0n) is 29.6. The predicted molar refractivity (Wildman–Crippen MR) is 176 cm³/mol. The topological polar surface area (TPSA) is 308 Å². The van der Waals surface area contributed by atoms with E-state index in [4.69, 9.17) is 23.8 Å². The van der Waals surface area contributed by atoms with E-state index in [2.05, 4.69) is 10.6 Å². The fraction of sp³-hybridized carbons (Fsp3) is 0.750. The second kappa shape index (κ2) is 21.3. The van der Waals surface area contributed by atoms with E-state index in [9.17, 15) is 60.0 Å². The van der Waals surface area contributed by atoms with Gasteiger partial charge in [0.25, 0.3) is 0 Å². The lowest BCUT2D eigenvalue weighted by molar-refractivity contribution is -0.292. The number of rotatable bonds is 20. The molecule has 0 spiro atoms. The molecule has 2 saturated heterocycles. The Morgan fingerprint density at radius 3 is 1.57 bits per heavy atom. The highest BCUT2D eigenvalue weighted by atomic mass is 16.7. The van der Waals surface area contributed by atoms with Crippen LogP contribution in [0.3, 0.4) is 0 Å². The van der Waals surface area contributed by atoms with Gasteiger partial charge in [-0.2, -0.15) is 0 Å². The number of nitrogens with zero attached hydrogens (tertiary/aromatic N) is 2. The third kappa shape index (κ3) is 13.3. The van der Waals surface area contributed by atoms with Crippen LogP contribution >= 0.6 is 0 Å². The highest BCUT2D eigenvalue weighted by Gasteiger charge is 2.43. The van der Waals surface area contributed by atoms with Gasteiger partial charge in [0.1, 0.15) is 36.6 Å². The lowest BCUT2D eigenvalue weighted by atomic mass is 10.0. The van der Waals surface area contributed by atoms with Crippen molar-refractivity contribution >= 4 is 23.7 Å². The van der Waals surface area contributed by atoms with E-state index in [0.29, 0.717) is 4.73 Å². The predicted octanol–water partition coefficient (Wildman–Crippen LogP) is -4.06. The molecule has 21 heteroatoms. The molecule has 53 heavy (non-hydrogen) atoms. The zero-order valence-corrected chi connectivity index (χ0v) is 29.6. The Hall–Kier alpha value is -3.64. The van der Waals surface area contributed by atoms with Gasteiger partial charge in [0.05, 0.1) is 25.4 Å². The minimum Gasteiger partial charge on any atom is -0.492 e. The molecule has 0 radical (unpaired) electrons. The van der Waals surface area contributed by atoms with Crippen molar-refractivity contribution in [2.45, 2.75) is 114 Å². The highest BCUT2D eigenvalue weighted by Crippen LogP contribution is 2.23. The fourth-order valence-electron chi connectivity index (χ4n) is 5.39. The maximum Gasteiger partial charge on any atom is 0.333 e. The number of unbranched alkanes of at least 4 members (excludes halogenated alkanes) is 1. The highest BCUT2D eigenvalue weighted by molar-refractivity contribution is 5.80. The summed E-state index contributed by atoms with van der Waals surface area (Å²) in [6, 6.07) is 2.26. The van der Waals surface area contributed by atoms with Gasteiger partial charge < -0.3 is 80.2 Å². The van der Waals surface area contributed by atoms with Crippen LogP contribution in [0.2, 0.25) is 0 Å². The average molecular weight is 765 g/mol. The molecule has 0 saturated carbocycles. The smallest absolute Gasteiger partial charge is 0.333 e. The van der Waals surface area contributed by atoms with Gasteiger partial charge in [-0.25, -0.2) is 4.79 Å². The normalized spacial score (nSPS) is 28.6. The Labute approximate surface area is 304 Å². The molecule has 1 aromatic heterocycles. The first kappa shape index (κ1) is 43.8. The Morgan fingerprint density at radius 2 is 1.11 bits per heavy atom. The first-order valence-electron chi connectivity index (χ1n) is 17.3. The van der Waals surface area contributed by atoms with Crippen LogP contribution in [0, 0.1) is 0 Å². The summed E-state index contributed by atoms with van der Waals surface area (Å²) in [5, 5.41) is 83.9. The van der Waals surface area contributed by atoms with Crippen LogP contribution in [0.15, 0.2) is 12.1 Å². The van der Waals surface area contributed by atoms with Gasteiger partial charge in [-0.05, 0) is 26.7 Å². The number of carbonyl (C=O) groups excluding carboxylic acids is 4. The number of aromatic hydroxyl groups is 2. The molecule has 0 bridgehead atoms. The summed E-state index contributed by atoms with van der Waals surface area (Å²) < 4.78 is 22.0. The zero-order chi connectivity index (χ0) is 39.2. The van der Waals surface area contributed by atoms with Crippen molar-refractivity contribution in [2.75, 3.05) is 39.4 Å². The van der Waals surface area contributed by atoms with Gasteiger partial charge in [0.2, 0.25) is 29.5 Å². The maximum absolute atomic E-state index is 13.1. The molecule has 3 rings (SSSR count). The van der Waals surface area contributed by atoms with Crippen molar-refractivity contribution in [1.82, 2.24) is 20.3 Å². The summed E-state index contributed by atoms with van der Waals surface area (Å²) in [6.07, 6.45) is -12.6. The maximum atomic E-state index is 13.1. The van der Waals surface area contributed by atoms with E-state index in [1.54, 1.807) is 0 Å². The van der Waals surface area contributed by atoms with Crippen molar-refractivity contribution in [3.63, 3.8) is 0 Å². The largest absolute Gasteiger partial charge is 0.492 e. The Bertz CT molecular complexity index is 1260. The Balaban J connectivity index is 1.43. The molecular formula is C32H52N4O17. The molecular weight excluding hydrogens is 712 g/mol. The molecule has 21 nitrogen and oxygen atoms in total. The number of hydrogen-bond acceptors (Lipinski definition) is 17. The van der Waals surface area contributed by atoms with E-state index in [-0.39, 0.29) is 77.9 Å². The van der Waals surface area contributed by atoms with Gasteiger partial charge in [0.15, 0.2) is 12.6 Å².